The molecule has 106 valence electrons. The van der Waals surface area contributed by atoms with E-state index in [9.17, 15) is 5.11 Å². The molecule has 0 aliphatic carbocycles. The Morgan fingerprint density at radius 2 is 2.15 bits per heavy atom. The van der Waals surface area contributed by atoms with Crippen LogP contribution in [0.4, 0.5) is 11.8 Å². The lowest BCUT2D eigenvalue weighted by atomic mass is 10.2. The second-order valence-electron chi connectivity index (χ2n) is 4.78. The summed E-state index contributed by atoms with van der Waals surface area (Å²) in [7, 11) is 3.87. The molecule has 0 fully saturated rings. The highest BCUT2D eigenvalue weighted by atomic mass is 16.3. The molecule has 2 heterocycles. The van der Waals surface area contributed by atoms with Crippen LogP contribution in [-0.2, 0) is 0 Å². The van der Waals surface area contributed by atoms with Crippen molar-refractivity contribution in [3.05, 3.63) is 41.9 Å². The second kappa shape index (κ2) is 6.29. The molecule has 1 atom stereocenters. The van der Waals surface area contributed by atoms with Crippen LogP contribution in [0.5, 0.6) is 0 Å². The Balaban J connectivity index is 2.02. The third-order valence-corrected chi connectivity index (χ3v) is 2.89. The van der Waals surface area contributed by atoms with E-state index < -0.39 is 6.10 Å². The van der Waals surface area contributed by atoms with Gasteiger partial charge in [0.15, 0.2) is 0 Å². The van der Waals surface area contributed by atoms with Gasteiger partial charge in [-0.05, 0) is 13.0 Å². The van der Waals surface area contributed by atoms with Gasteiger partial charge < -0.3 is 15.3 Å². The van der Waals surface area contributed by atoms with E-state index >= 15 is 0 Å². The zero-order chi connectivity index (χ0) is 14.5. The molecular formula is C14H19N5O. The topological polar surface area (TPSA) is 74.2 Å². The normalized spacial score (nSPS) is 12.0. The van der Waals surface area contributed by atoms with E-state index in [-0.39, 0.29) is 0 Å². The van der Waals surface area contributed by atoms with Crippen LogP contribution in [0.2, 0.25) is 0 Å². The van der Waals surface area contributed by atoms with E-state index in [1.165, 1.54) is 0 Å². The average Bonchev–Trinajstić information content (AvgIpc) is 2.46. The third kappa shape index (κ3) is 3.42. The first kappa shape index (κ1) is 14.2. The fraction of sp³-hybridized carbons (Fsp3) is 0.357. The number of nitrogens with one attached hydrogen (secondary N) is 1. The lowest BCUT2D eigenvalue weighted by Crippen LogP contribution is -2.17. The number of rotatable bonds is 5. The van der Waals surface area contributed by atoms with Gasteiger partial charge in [0.25, 0.3) is 0 Å². The second-order valence-corrected chi connectivity index (χ2v) is 4.78. The summed E-state index contributed by atoms with van der Waals surface area (Å²) in [6.07, 6.45) is 4.45. The third-order valence-electron chi connectivity index (χ3n) is 2.89. The number of aliphatic hydroxyl groups is 1. The minimum absolute atomic E-state index is 0.335. The maximum absolute atomic E-state index is 10.0. The molecule has 6 heteroatoms. The molecule has 0 aromatic carbocycles. The SMILES string of the molecule is Cc1cnc(NCC(O)c2cccnc2)nc1N(C)C. The highest BCUT2D eigenvalue weighted by Gasteiger charge is 2.09. The van der Waals surface area contributed by atoms with Gasteiger partial charge in [0.2, 0.25) is 5.95 Å². The van der Waals surface area contributed by atoms with Crippen LogP contribution in [0.25, 0.3) is 0 Å². The number of hydrogen-bond acceptors (Lipinski definition) is 6. The molecule has 0 spiro atoms. The first-order chi connectivity index (χ1) is 9.58. The highest BCUT2D eigenvalue weighted by molar-refractivity contribution is 5.47. The fourth-order valence-corrected chi connectivity index (χ4v) is 1.85. The Labute approximate surface area is 118 Å². The van der Waals surface area contributed by atoms with Crippen LogP contribution >= 0.6 is 0 Å². The van der Waals surface area contributed by atoms with Crippen molar-refractivity contribution >= 4 is 11.8 Å². The van der Waals surface area contributed by atoms with Crippen molar-refractivity contribution in [2.45, 2.75) is 13.0 Å². The van der Waals surface area contributed by atoms with Gasteiger partial charge in [0, 0.05) is 50.4 Å². The molecule has 0 radical (unpaired) electrons. The molecule has 2 aromatic heterocycles. The minimum Gasteiger partial charge on any atom is -0.387 e. The Bertz CT molecular complexity index is 559. The molecule has 2 N–H and O–H groups in total. The summed E-state index contributed by atoms with van der Waals surface area (Å²) in [5.74, 6) is 1.36. The van der Waals surface area contributed by atoms with E-state index in [2.05, 4.69) is 20.3 Å². The number of aliphatic hydroxyl groups excluding tert-OH is 1. The monoisotopic (exact) mass is 273 g/mol. The highest BCUT2D eigenvalue weighted by Crippen LogP contribution is 2.16. The summed E-state index contributed by atoms with van der Waals surface area (Å²) in [6, 6.07) is 3.63. The molecular weight excluding hydrogens is 254 g/mol. The maximum atomic E-state index is 10.0. The molecule has 2 aromatic rings. The van der Waals surface area contributed by atoms with Crippen LogP contribution < -0.4 is 10.2 Å². The summed E-state index contributed by atoms with van der Waals surface area (Å²) >= 11 is 0. The molecule has 0 aliphatic rings. The lowest BCUT2D eigenvalue weighted by molar-refractivity contribution is 0.191. The van der Waals surface area contributed by atoms with Gasteiger partial charge in [0.1, 0.15) is 5.82 Å². The van der Waals surface area contributed by atoms with E-state index in [0.29, 0.717) is 12.5 Å². The Morgan fingerprint density at radius 1 is 1.35 bits per heavy atom. The molecule has 0 bridgehead atoms. The Morgan fingerprint density at radius 3 is 2.80 bits per heavy atom. The number of aryl methyl sites for hydroxylation is 1. The summed E-state index contributed by atoms with van der Waals surface area (Å²) in [5.41, 5.74) is 1.77. The van der Waals surface area contributed by atoms with E-state index in [4.69, 9.17) is 0 Å². The molecule has 20 heavy (non-hydrogen) atoms. The zero-order valence-corrected chi connectivity index (χ0v) is 11.9. The van der Waals surface area contributed by atoms with Crippen LogP contribution in [0, 0.1) is 6.92 Å². The van der Waals surface area contributed by atoms with Crippen molar-refractivity contribution in [2.24, 2.45) is 0 Å². The fourth-order valence-electron chi connectivity index (χ4n) is 1.85. The van der Waals surface area contributed by atoms with Gasteiger partial charge in [-0.3, -0.25) is 4.98 Å². The summed E-state index contributed by atoms with van der Waals surface area (Å²) < 4.78 is 0. The van der Waals surface area contributed by atoms with Gasteiger partial charge in [-0.2, -0.15) is 4.98 Å². The predicted octanol–water partition coefficient (Wildman–Crippen LogP) is 1.39. The molecule has 0 aliphatic heterocycles. The van der Waals surface area contributed by atoms with Gasteiger partial charge >= 0.3 is 0 Å². The molecule has 2 rings (SSSR count). The molecule has 0 amide bonds. The summed E-state index contributed by atoms with van der Waals surface area (Å²) in [4.78, 5) is 14.5. The van der Waals surface area contributed by atoms with E-state index in [0.717, 1.165) is 16.9 Å². The minimum atomic E-state index is -0.642. The van der Waals surface area contributed by atoms with Crippen molar-refractivity contribution in [3.63, 3.8) is 0 Å². The maximum Gasteiger partial charge on any atom is 0.224 e. The largest absolute Gasteiger partial charge is 0.387 e. The quantitative estimate of drug-likeness (QED) is 0.857. The lowest BCUT2D eigenvalue weighted by Gasteiger charge is -2.16. The van der Waals surface area contributed by atoms with E-state index in [1.54, 1.807) is 24.7 Å². The van der Waals surface area contributed by atoms with E-state index in [1.807, 2.05) is 32.0 Å². The van der Waals surface area contributed by atoms with Crippen LogP contribution in [-0.4, -0.2) is 40.7 Å². The standard InChI is InChI=1S/C14H19N5O/c1-10-7-16-14(18-13(10)19(2)3)17-9-12(20)11-5-4-6-15-8-11/h4-8,12,20H,9H2,1-3H3,(H,16,17,18). The smallest absolute Gasteiger partial charge is 0.224 e. The first-order valence-corrected chi connectivity index (χ1v) is 6.40. The van der Waals surface area contributed by atoms with Crippen LogP contribution in [0.3, 0.4) is 0 Å². The molecule has 6 nitrogen and oxygen atoms in total. The van der Waals surface area contributed by atoms with Crippen molar-refractivity contribution in [3.8, 4) is 0 Å². The number of nitrogens with zero attached hydrogens (tertiary/aromatic N) is 4. The average molecular weight is 273 g/mol. The Kier molecular flexibility index (Phi) is 4.47. The number of anilines is 2. The summed E-state index contributed by atoms with van der Waals surface area (Å²) in [5, 5.41) is 13.1. The van der Waals surface area contributed by atoms with Crippen molar-refractivity contribution < 1.29 is 5.11 Å². The number of aromatic nitrogens is 3. The van der Waals surface area contributed by atoms with Gasteiger partial charge in [-0.15, -0.1) is 0 Å². The van der Waals surface area contributed by atoms with Crippen molar-refractivity contribution in [1.82, 2.24) is 15.0 Å². The van der Waals surface area contributed by atoms with Crippen LogP contribution in [0.15, 0.2) is 30.7 Å². The Hall–Kier alpha value is -2.21. The summed E-state index contributed by atoms with van der Waals surface area (Å²) in [6.45, 7) is 2.30. The number of pyridine rings is 1. The zero-order valence-electron chi connectivity index (χ0n) is 11.9. The van der Waals surface area contributed by atoms with Crippen molar-refractivity contribution in [2.75, 3.05) is 30.9 Å². The molecule has 0 saturated heterocycles. The number of hydrogen-bond donors (Lipinski definition) is 2. The van der Waals surface area contributed by atoms with Gasteiger partial charge in [-0.1, -0.05) is 6.07 Å². The first-order valence-electron chi connectivity index (χ1n) is 6.40. The predicted molar refractivity (Wildman–Crippen MR) is 78.8 cm³/mol. The van der Waals surface area contributed by atoms with Gasteiger partial charge in [0.05, 0.1) is 6.10 Å². The molecule has 0 saturated carbocycles. The molecule has 1 unspecified atom stereocenters. The van der Waals surface area contributed by atoms with Gasteiger partial charge in [-0.25, -0.2) is 4.98 Å². The van der Waals surface area contributed by atoms with Crippen molar-refractivity contribution in [1.29, 1.82) is 0 Å². The van der Waals surface area contributed by atoms with Crippen LogP contribution in [0.1, 0.15) is 17.2 Å².